The second-order valence-electron chi connectivity index (χ2n) is 4.81. The maximum atomic E-state index is 13.8. The van der Waals surface area contributed by atoms with Crippen LogP contribution in [-0.2, 0) is 11.3 Å². The number of nitrogens with one attached hydrogen (secondary N) is 1. The fraction of sp³-hybridized carbons (Fsp3) is 0.111. The molecule has 0 fully saturated rings. The largest absolute Gasteiger partial charge is 0.477 e. The van der Waals surface area contributed by atoms with E-state index in [2.05, 4.69) is 17.2 Å². The van der Waals surface area contributed by atoms with Crippen molar-refractivity contribution in [3.8, 4) is 11.8 Å². The maximum absolute atomic E-state index is 13.8. The van der Waals surface area contributed by atoms with Gasteiger partial charge in [-0.25, -0.2) is 18.4 Å². The number of hydrogen-bond acceptors (Lipinski definition) is 3. The highest BCUT2D eigenvalue weighted by Crippen LogP contribution is 2.16. The van der Waals surface area contributed by atoms with Gasteiger partial charge in [-0.1, -0.05) is 42.2 Å². The molecule has 0 heterocycles. The number of hydrogen-bond donors (Lipinski definition) is 2. The highest BCUT2D eigenvalue weighted by molar-refractivity contribution is 5.88. The number of amides is 1. The zero-order chi connectivity index (χ0) is 18.2. The Kier molecular flexibility index (Phi) is 6.07. The van der Waals surface area contributed by atoms with Crippen molar-refractivity contribution in [2.75, 3.05) is 6.54 Å². The fourth-order valence-corrected chi connectivity index (χ4v) is 1.88. The molecule has 128 valence electrons. The maximum Gasteiger partial charge on any atom is 0.408 e. The summed E-state index contributed by atoms with van der Waals surface area (Å²) in [7, 11) is 0. The molecule has 0 spiro atoms. The predicted molar refractivity (Wildman–Crippen MR) is 84.8 cm³/mol. The van der Waals surface area contributed by atoms with Crippen LogP contribution in [0.5, 0.6) is 0 Å². The first kappa shape index (κ1) is 17.9. The lowest BCUT2D eigenvalue weighted by molar-refractivity contribution is 0.0686. The average molecular weight is 345 g/mol. The highest BCUT2D eigenvalue weighted by Gasteiger charge is 2.18. The molecular weight excluding hydrogens is 332 g/mol. The van der Waals surface area contributed by atoms with Crippen LogP contribution < -0.4 is 5.32 Å². The van der Waals surface area contributed by atoms with E-state index in [-0.39, 0.29) is 18.7 Å². The second-order valence-corrected chi connectivity index (χ2v) is 4.81. The van der Waals surface area contributed by atoms with Crippen LogP contribution in [0.3, 0.4) is 0 Å². The number of alkyl carbamates (subject to hydrolysis) is 1. The third-order valence-electron chi connectivity index (χ3n) is 3.06. The normalized spacial score (nSPS) is 9.68. The van der Waals surface area contributed by atoms with Gasteiger partial charge >= 0.3 is 12.1 Å². The van der Waals surface area contributed by atoms with Crippen LogP contribution in [-0.4, -0.2) is 23.7 Å². The van der Waals surface area contributed by atoms with Crippen LogP contribution >= 0.6 is 0 Å². The van der Waals surface area contributed by atoms with Crippen LogP contribution in [0, 0.1) is 23.5 Å². The molecule has 2 aromatic rings. The minimum Gasteiger partial charge on any atom is -0.477 e. The van der Waals surface area contributed by atoms with Crippen molar-refractivity contribution in [2.24, 2.45) is 0 Å². The van der Waals surface area contributed by atoms with E-state index in [1.807, 2.05) is 18.2 Å². The summed E-state index contributed by atoms with van der Waals surface area (Å²) in [5, 5.41) is 11.1. The molecule has 5 nitrogen and oxygen atoms in total. The van der Waals surface area contributed by atoms with Crippen molar-refractivity contribution in [3.63, 3.8) is 0 Å². The van der Waals surface area contributed by atoms with E-state index >= 15 is 0 Å². The van der Waals surface area contributed by atoms with E-state index in [1.54, 1.807) is 12.1 Å². The van der Waals surface area contributed by atoms with Crippen LogP contribution in [0.25, 0.3) is 0 Å². The summed E-state index contributed by atoms with van der Waals surface area (Å²) in [6, 6.07) is 10.9. The summed E-state index contributed by atoms with van der Waals surface area (Å²) in [4.78, 5) is 22.3. The molecular formula is C18H13F2NO4. The van der Waals surface area contributed by atoms with Crippen molar-refractivity contribution in [3.05, 3.63) is 70.8 Å². The number of rotatable bonds is 4. The van der Waals surface area contributed by atoms with Gasteiger partial charge in [-0.2, -0.15) is 0 Å². The van der Waals surface area contributed by atoms with Crippen LogP contribution in [0.1, 0.15) is 21.5 Å². The van der Waals surface area contributed by atoms with E-state index in [4.69, 9.17) is 9.84 Å². The Balaban J connectivity index is 1.89. The summed E-state index contributed by atoms with van der Waals surface area (Å²) in [6.45, 7) is -0.0541. The minimum atomic E-state index is -1.72. The van der Waals surface area contributed by atoms with E-state index in [0.29, 0.717) is 0 Å². The zero-order valence-electron chi connectivity index (χ0n) is 12.9. The molecule has 0 bridgehead atoms. The van der Waals surface area contributed by atoms with Crippen LogP contribution in [0.4, 0.5) is 13.6 Å². The summed E-state index contributed by atoms with van der Waals surface area (Å²) in [5.74, 6) is 0.618. The number of carboxylic acids is 1. The number of carbonyl (C=O) groups excluding carboxylic acids is 1. The Labute approximate surface area is 142 Å². The van der Waals surface area contributed by atoms with E-state index in [9.17, 15) is 18.4 Å². The Morgan fingerprint density at radius 2 is 1.84 bits per heavy atom. The zero-order valence-corrected chi connectivity index (χ0v) is 12.9. The number of halogens is 2. The lowest BCUT2D eigenvalue weighted by Crippen LogP contribution is -2.24. The van der Waals surface area contributed by atoms with Crippen molar-refractivity contribution in [1.29, 1.82) is 0 Å². The lowest BCUT2D eigenvalue weighted by atomic mass is 10.1. The lowest BCUT2D eigenvalue weighted by Gasteiger charge is -2.04. The summed E-state index contributed by atoms with van der Waals surface area (Å²) in [5.41, 5.74) is -0.529. The van der Waals surface area contributed by atoms with Gasteiger partial charge in [0.25, 0.3) is 0 Å². The van der Waals surface area contributed by atoms with Crippen molar-refractivity contribution in [1.82, 2.24) is 5.32 Å². The van der Waals surface area contributed by atoms with Crippen LogP contribution in [0.15, 0.2) is 42.5 Å². The average Bonchev–Trinajstić information content (AvgIpc) is 2.59. The molecule has 2 rings (SSSR count). The summed E-state index contributed by atoms with van der Waals surface area (Å²) in [6.07, 6.45) is -0.705. The molecule has 2 aromatic carbocycles. The Morgan fingerprint density at radius 3 is 2.52 bits per heavy atom. The Morgan fingerprint density at radius 1 is 1.12 bits per heavy atom. The van der Waals surface area contributed by atoms with E-state index < -0.39 is 29.3 Å². The number of benzene rings is 2. The first-order valence-electron chi connectivity index (χ1n) is 7.13. The molecule has 0 atom stereocenters. The third kappa shape index (κ3) is 5.04. The monoisotopic (exact) mass is 345 g/mol. The highest BCUT2D eigenvalue weighted by atomic mass is 19.1. The first-order valence-corrected chi connectivity index (χ1v) is 7.13. The SMILES string of the molecule is O=C(NCC#Cc1ccc(F)c(C(=O)O)c1F)OCc1ccccc1. The molecule has 0 aliphatic rings. The minimum absolute atomic E-state index is 0.0919. The quantitative estimate of drug-likeness (QED) is 0.836. The topological polar surface area (TPSA) is 75.6 Å². The molecule has 7 heteroatoms. The third-order valence-corrected chi connectivity index (χ3v) is 3.06. The van der Waals surface area contributed by atoms with Gasteiger partial charge in [0, 0.05) is 0 Å². The van der Waals surface area contributed by atoms with Gasteiger partial charge in [0.05, 0.1) is 12.1 Å². The molecule has 2 N–H and O–H groups in total. The Hall–Kier alpha value is -3.40. The van der Waals surface area contributed by atoms with Crippen molar-refractivity contribution < 1.29 is 28.2 Å². The van der Waals surface area contributed by atoms with Gasteiger partial charge in [0.1, 0.15) is 18.0 Å². The van der Waals surface area contributed by atoms with Gasteiger partial charge in [-0.15, -0.1) is 0 Å². The molecule has 0 unspecified atom stereocenters. The van der Waals surface area contributed by atoms with Gasteiger partial charge in [-0.3, -0.25) is 0 Å². The molecule has 0 aliphatic carbocycles. The second kappa shape index (κ2) is 8.45. The standard InChI is InChI=1S/C18H13F2NO4/c19-14-9-8-13(16(20)15(14)17(22)23)7-4-10-21-18(24)25-11-12-5-2-1-3-6-12/h1-3,5-6,8-9H,10-11H2,(H,21,24)(H,22,23). The number of carbonyl (C=O) groups is 2. The molecule has 0 saturated carbocycles. The number of carboxylic acid groups (broad SMARTS) is 1. The van der Waals surface area contributed by atoms with Gasteiger partial charge < -0.3 is 15.2 Å². The first-order chi connectivity index (χ1) is 12.0. The Bertz CT molecular complexity index is 841. The molecule has 0 saturated heterocycles. The van der Waals surface area contributed by atoms with Gasteiger partial charge in [-0.05, 0) is 17.7 Å². The van der Waals surface area contributed by atoms with Gasteiger partial charge in [0.2, 0.25) is 0 Å². The molecule has 1 amide bonds. The molecule has 0 aromatic heterocycles. The van der Waals surface area contributed by atoms with E-state index in [1.165, 1.54) is 0 Å². The number of ether oxygens (including phenoxy) is 1. The van der Waals surface area contributed by atoms with Crippen LogP contribution in [0.2, 0.25) is 0 Å². The smallest absolute Gasteiger partial charge is 0.408 e. The van der Waals surface area contributed by atoms with E-state index in [0.717, 1.165) is 17.7 Å². The van der Waals surface area contributed by atoms with Crippen molar-refractivity contribution in [2.45, 2.75) is 6.61 Å². The summed E-state index contributed by atoms with van der Waals surface area (Å²) >= 11 is 0. The summed E-state index contributed by atoms with van der Waals surface area (Å²) < 4.78 is 32.1. The predicted octanol–water partition coefficient (Wildman–Crippen LogP) is 2.94. The molecule has 0 radical (unpaired) electrons. The molecule has 25 heavy (non-hydrogen) atoms. The van der Waals surface area contributed by atoms with Crippen molar-refractivity contribution >= 4 is 12.1 Å². The number of aromatic carboxylic acids is 1. The van der Waals surface area contributed by atoms with Gasteiger partial charge in [0.15, 0.2) is 5.82 Å². The molecule has 0 aliphatic heterocycles. The fourth-order valence-electron chi connectivity index (χ4n) is 1.88.